The standard InChI is InChI=1S/C9H7BrF4O/c1-5-2-8(7(11)3-6(5)10)15-4-9(12,13)14/h2-3H,4H2,1H3. The quantitative estimate of drug-likeness (QED) is 0.751. The maximum absolute atomic E-state index is 13.1. The predicted molar refractivity (Wildman–Crippen MR) is 50.4 cm³/mol. The third-order valence-corrected chi connectivity index (χ3v) is 2.46. The number of benzene rings is 1. The normalized spacial score (nSPS) is 11.6. The monoisotopic (exact) mass is 286 g/mol. The highest BCUT2D eigenvalue weighted by Gasteiger charge is 2.29. The van der Waals surface area contributed by atoms with Gasteiger partial charge >= 0.3 is 6.18 Å². The molecule has 0 saturated carbocycles. The van der Waals surface area contributed by atoms with E-state index in [1.165, 1.54) is 6.07 Å². The molecule has 0 radical (unpaired) electrons. The highest BCUT2D eigenvalue weighted by atomic mass is 79.9. The summed E-state index contributed by atoms with van der Waals surface area (Å²) in [6.45, 7) is 0.134. The van der Waals surface area contributed by atoms with Gasteiger partial charge in [0.1, 0.15) is 0 Å². The van der Waals surface area contributed by atoms with Crippen molar-refractivity contribution in [2.24, 2.45) is 0 Å². The average molecular weight is 287 g/mol. The van der Waals surface area contributed by atoms with Gasteiger partial charge in [-0.15, -0.1) is 0 Å². The van der Waals surface area contributed by atoms with Crippen molar-refractivity contribution < 1.29 is 22.3 Å². The second-order valence-electron chi connectivity index (χ2n) is 2.94. The van der Waals surface area contributed by atoms with E-state index in [2.05, 4.69) is 20.7 Å². The minimum atomic E-state index is -4.46. The molecule has 84 valence electrons. The molecule has 0 heterocycles. The molecule has 0 N–H and O–H groups in total. The molecular formula is C9H7BrF4O. The van der Waals surface area contributed by atoms with E-state index in [1.807, 2.05) is 0 Å². The number of rotatable bonds is 2. The Morgan fingerprint density at radius 2 is 1.93 bits per heavy atom. The largest absolute Gasteiger partial charge is 0.481 e. The Hall–Kier alpha value is -0.780. The highest BCUT2D eigenvalue weighted by Crippen LogP contribution is 2.27. The fraction of sp³-hybridized carbons (Fsp3) is 0.333. The van der Waals surface area contributed by atoms with Crippen LogP contribution in [0.5, 0.6) is 5.75 Å². The van der Waals surface area contributed by atoms with Gasteiger partial charge in [-0.25, -0.2) is 4.39 Å². The maximum Gasteiger partial charge on any atom is 0.422 e. The van der Waals surface area contributed by atoms with E-state index in [0.717, 1.165) is 6.07 Å². The number of alkyl halides is 3. The molecule has 1 aromatic rings. The van der Waals surface area contributed by atoms with E-state index in [-0.39, 0.29) is 0 Å². The Kier molecular flexibility index (Phi) is 3.59. The first-order valence-electron chi connectivity index (χ1n) is 3.95. The summed E-state index contributed by atoms with van der Waals surface area (Å²) in [5.41, 5.74) is 0.605. The molecule has 0 amide bonds. The van der Waals surface area contributed by atoms with Gasteiger partial charge in [-0.2, -0.15) is 13.2 Å². The molecule has 15 heavy (non-hydrogen) atoms. The van der Waals surface area contributed by atoms with Gasteiger partial charge < -0.3 is 4.74 Å². The molecule has 0 bridgehead atoms. The summed E-state index contributed by atoms with van der Waals surface area (Å²) in [4.78, 5) is 0. The summed E-state index contributed by atoms with van der Waals surface area (Å²) in [7, 11) is 0. The van der Waals surface area contributed by atoms with Gasteiger partial charge in [0.15, 0.2) is 18.2 Å². The summed E-state index contributed by atoms with van der Waals surface area (Å²) in [5.74, 6) is -1.22. The van der Waals surface area contributed by atoms with Crippen LogP contribution in [-0.2, 0) is 0 Å². The minimum Gasteiger partial charge on any atom is -0.481 e. The van der Waals surface area contributed by atoms with Crippen LogP contribution in [0.3, 0.4) is 0 Å². The van der Waals surface area contributed by atoms with Gasteiger partial charge in [-0.05, 0) is 24.6 Å². The summed E-state index contributed by atoms with van der Waals surface area (Å²) in [6.07, 6.45) is -4.46. The Balaban J connectivity index is 2.82. The smallest absolute Gasteiger partial charge is 0.422 e. The number of aryl methyl sites for hydroxylation is 1. The first-order chi connectivity index (χ1) is 6.79. The molecule has 0 fully saturated rings. The molecular weight excluding hydrogens is 280 g/mol. The molecule has 0 unspecified atom stereocenters. The van der Waals surface area contributed by atoms with Gasteiger partial charge in [-0.1, -0.05) is 15.9 Å². The predicted octanol–water partition coefficient (Wildman–Crippen LogP) is 3.84. The number of ether oxygens (including phenoxy) is 1. The van der Waals surface area contributed by atoms with Crippen molar-refractivity contribution in [1.82, 2.24) is 0 Å². The minimum absolute atomic E-state index is 0.395. The topological polar surface area (TPSA) is 9.23 Å². The number of hydrogen-bond donors (Lipinski definition) is 0. The molecule has 0 saturated heterocycles. The molecule has 6 heteroatoms. The van der Waals surface area contributed by atoms with Gasteiger partial charge in [0.2, 0.25) is 0 Å². The van der Waals surface area contributed by atoms with Crippen LogP contribution in [0.15, 0.2) is 16.6 Å². The fourth-order valence-corrected chi connectivity index (χ4v) is 1.22. The van der Waals surface area contributed by atoms with Crippen LogP contribution in [0, 0.1) is 12.7 Å². The molecule has 0 aliphatic heterocycles. The summed E-state index contributed by atoms with van der Waals surface area (Å²) in [5, 5.41) is 0. The number of hydrogen-bond acceptors (Lipinski definition) is 1. The molecule has 0 atom stereocenters. The zero-order valence-electron chi connectivity index (χ0n) is 7.66. The van der Waals surface area contributed by atoms with E-state index in [1.54, 1.807) is 6.92 Å². The Morgan fingerprint density at radius 3 is 2.47 bits per heavy atom. The van der Waals surface area contributed by atoms with Crippen LogP contribution in [0.2, 0.25) is 0 Å². The van der Waals surface area contributed by atoms with Crippen LogP contribution in [0.4, 0.5) is 17.6 Å². The maximum atomic E-state index is 13.1. The van der Waals surface area contributed by atoms with Crippen LogP contribution in [0.1, 0.15) is 5.56 Å². The lowest BCUT2D eigenvalue weighted by Gasteiger charge is -2.10. The van der Waals surface area contributed by atoms with E-state index < -0.39 is 24.3 Å². The van der Waals surface area contributed by atoms with Crippen molar-refractivity contribution in [2.75, 3.05) is 6.61 Å². The van der Waals surface area contributed by atoms with Gasteiger partial charge in [0.25, 0.3) is 0 Å². The molecule has 0 aromatic heterocycles. The molecule has 0 aliphatic rings. The van der Waals surface area contributed by atoms with Crippen molar-refractivity contribution in [3.63, 3.8) is 0 Å². The molecule has 1 nitrogen and oxygen atoms in total. The van der Waals surface area contributed by atoms with Crippen molar-refractivity contribution in [1.29, 1.82) is 0 Å². The van der Waals surface area contributed by atoms with Crippen LogP contribution < -0.4 is 4.74 Å². The van der Waals surface area contributed by atoms with E-state index in [9.17, 15) is 17.6 Å². The van der Waals surface area contributed by atoms with Crippen molar-refractivity contribution in [3.8, 4) is 5.75 Å². The first-order valence-corrected chi connectivity index (χ1v) is 4.74. The van der Waals surface area contributed by atoms with Gasteiger partial charge in [0, 0.05) is 4.47 Å². The molecule has 0 spiro atoms. The lowest BCUT2D eigenvalue weighted by Crippen LogP contribution is -2.19. The van der Waals surface area contributed by atoms with E-state index in [4.69, 9.17) is 0 Å². The van der Waals surface area contributed by atoms with Crippen molar-refractivity contribution in [3.05, 3.63) is 28.0 Å². The van der Waals surface area contributed by atoms with Crippen LogP contribution in [-0.4, -0.2) is 12.8 Å². The molecule has 1 rings (SSSR count). The first kappa shape index (κ1) is 12.3. The summed E-state index contributed by atoms with van der Waals surface area (Å²) in [6, 6.07) is 2.28. The second kappa shape index (κ2) is 4.38. The zero-order valence-corrected chi connectivity index (χ0v) is 9.25. The Morgan fingerprint density at radius 1 is 1.33 bits per heavy atom. The third-order valence-electron chi connectivity index (χ3n) is 1.60. The van der Waals surface area contributed by atoms with Gasteiger partial charge in [-0.3, -0.25) is 0 Å². The fourth-order valence-electron chi connectivity index (χ4n) is 0.901. The van der Waals surface area contributed by atoms with E-state index >= 15 is 0 Å². The Bertz CT molecular complexity index is 362. The van der Waals surface area contributed by atoms with E-state index in [0.29, 0.717) is 10.0 Å². The molecule has 1 aromatic carbocycles. The summed E-state index contributed by atoms with van der Waals surface area (Å²) < 4.78 is 53.3. The highest BCUT2D eigenvalue weighted by molar-refractivity contribution is 9.10. The lowest BCUT2D eigenvalue weighted by atomic mass is 10.2. The average Bonchev–Trinajstić information content (AvgIpc) is 2.07. The van der Waals surface area contributed by atoms with Crippen molar-refractivity contribution in [2.45, 2.75) is 13.1 Å². The van der Waals surface area contributed by atoms with Gasteiger partial charge in [0.05, 0.1) is 0 Å². The third kappa shape index (κ3) is 3.70. The second-order valence-corrected chi connectivity index (χ2v) is 3.79. The molecule has 0 aliphatic carbocycles. The SMILES string of the molecule is Cc1cc(OCC(F)(F)F)c(F)cc1Br. The summed E-state index contributed by atoms with van der Waals surface area (Å²) >= 11 is 3.05. The van der Waals surface area contributed by atoms with Crippen molar-refractivity contribution >= 4 is 15.9 Å². The zero-order chi connectivity index (χ0) is 11.6. The lowest BCUT2D eigenvalue weighted by molar-refractivity contribution is -0.153. The van der Waals surface area contributed by atoms with Crippen LogP contribution in [0.25, 0.3) is 0 Å². The Labute approximate surface area is 92.2 Å². The van der Waals surface area contributed by atoms with Crippen LogP contribution >= 0.6 is 15.9 Å². The number of halogens is 5.